The van der Waals surface area contributed by atoms with Gasteiger partial charge in [0.1, 0.15) is 28.9 Å². The zero-order valence-electron chi connectivity index (χ0n) is 24.5. The Morgan fingerprint density at radius 1 is 0.690 bits per heavy atom. The van der Waals surface area contributed by atoms with E-state index >= 15 is 0 Å². The number of benzene rings is 5. The van der Waals surface area contributed by atoms with E-state index in [0.717, 1.165) is 23.7 Å². The zero-order chi connectivity index (χ0) is 28.7. The second-order valence-electron chi connectivity index (χ2n) is 10.8. The Morgan fingerprint density at radius 3 is 1.60 bits per heavy atom. The molecule has 0 saturated carbocycles. The molecule has 0 amide bonds. The summed E-state index contributed by atoms with van der Waals surface area (Å²) in [5, 5.41) is 4.00. The highest BCUT2D eigenvalue weighted by Crippen LogP contribution is 2.56. The maximum absolute atomic E-state index is 13.3. The summed E-state index contributed by atoms with van der Waals surface area (Å²) in [7, 11) is -1.97. The Bertz CT molecular complexity index is 1470. The summed E-state index contributed by atoms with van der Waals surface area (Å²) in [6.07, 6.45) is 2.00. The number of carbonyl (C=O) groups is 1. The van der Waals surface area contributed by atoms with Gasteiger partial charge in [-0.1, -0.05) is 98.8 Å². The highest BCUT2D eigenvalue weighted by atomic mass is 79.9. The lowest BCUT2D eigenvalue weighted by Gasteiger charge is -2.27. The average Bonchev–Trinajstić information content (AvgIpc) is 3.01. The molecule has 0 radical (unpaired) electrons. The fourth-order valence-electron chi connectivity index (χ4n) is 5.68. The van der Waals surface area contributed by atoms with E-state index in [-0.39, 0.29) is 28.9 Å². The van der Waals surface area contributed by atoms with Gasteiger partial charge in [0.05, 0.1) is 6.16 Å². The molecule has 4 heteroatoms. The first kappa shape index (κ1) is 31.4. The van der Waals surface area contributed by atoms with Crippen molar-refractivity contribution in [3.8, 4) is 16.9 Å². The van der Waals surface area contributed by atoms with Crippen LogP contribution in [-0.4, -0.2) is 12.1 Å². The third kappa shape index (κ3) is 6.92. The van der Waals surface area contributed by atoms with E-state index in [2.05, 4.69) is 142 Å². The normalized spacial score (nSPS) is 11.1. The van der Waals surface area contributed by atoms with Crippen molar-refractivity contribution in [1.82, 2.24) is 0 Å². The molecule has 0 N–H and O–H groups in total. The highest BCUT2D eigenvalue weighted by molar-refractivity contribution is 7.95. The van der Waals surface area contributed by atoms with Crippen molar-refractivity contribution in [3.63, 3.8) is 0 Å². The van der Waals surface area contributed by atoms with Crippen molar-refractivity contribution in [1.29, 1.82) is 0 Å². The molecule has 5 rings (SSSR count). The molecule has 0 aliphatic carbocycles. The minimum atomic E-state index is -1.97. The molecule has 0 aromatic heterocycles. The lowest BCUT2D eigenvalue weighted by Crippen LogP contribution is -3.00. The summed E-state index contributed by atoms with van der Waals surface area (Å²) in [5.41, 5.74) is 4.51. The topological polar surface area (TPSA) is 26.3 Å². The Balaban J connectivity index is 0.00000405. The molecule has 0 spiro atoms. The van der Waals surface area contributed by atoms with Crippen LogP contribution in [0.5, 0.6) is 5.75 Å². The van der Waals surface area contributed by atoms with Crippen molar-refractivity contribution in [2.75, 3.05) is 6.16 Å². The number of aryl methyl sites for hydroxylation is 1. The molecular formula is C38H38BrO2P. The van der Waals surface area contributed by atoms with E-state index in [1.165, 1.54) is 27.0 Å². The van der Waals surface area contributed by atoms with E-state index in [0.29, 0.717) is 12.2 Å². The van der Waals surface area contributed by atoms with Gasteiger partial charge < -0.3 is 21.7 Å². The Labute approximate surface area is 261 Å². The summed E-state index contributed by atoms with van der Waals surface area (Å²) >= 11 is 0. The molecule has 5 aromatic carbocycles. The molecule has 0 unspecified atom stereocenters. The second kappa shape index (κ2) is 14.6. The SMILES string of the molecule is Cc1cc(OC(=O)CCC[P+](c2ccccc2)(c2ccccc2)c2ccccc2)c(C(C)C)cc1-c1ccccc1.[Br-]. The van der Waals surface area contributed by atoms with Crippen LogP contribution in [0.4, 0.5) is 0 Å². The van der Waals surface area contributed by atoms with Gasteiger partial charge in [-0.2, -0.15) is 0 Å². The van der Waals surface area contributed by atoms with Crippen molar-refractivity contribution >= 4 is 29.1 Å². The quantitative estimate of drug-likeness (QED) is 0.115. The Kier molecular flexibility index (Phi) is 10.9. The molecule has 0 bridgehead atoms. The van der Waals surface area contributed by atoms with Gasteiger partial charge in [-0.3, -0.25) is 4.79 Å². The van der Waals surface area contributed by atoms with Crippen molar-refractivity contribution < 1.29 is 26.5 Å². The van der Waals surface area contributed by atoms with Gasteiger partial charge in [0.2, 0.25) is 0 Å². The van der Waals surface area contributed by atoms with Gasteiger partial charge >= 0.3 is 5.97 Å². The predicted molar refractivity (Wildman–Crippen MR) is 176 cm³/mol. The number of hydrogen-bond acceptors (Lipinski definition) is 2. The van der Waals surface area contributed by atoms with Crippen LogP contribution < -0.4 is 37.6 Å². The third-order valence-corrected chi connectivity index (χ3v) is 12.3. The fraction of sp³-hybridized carbons (Fsp3) is 0.184. The third-order valence-electron chi connectivity index (χ3n) is 7.75. The maximum atomic E-state index is 13.3. The fourth-order valence-corrected chi connectivity index (χ4v) is 10.0. The van der Waals surface area contributed by atoms with E-state index < -0.39 is 7.26 Å². The summed E-state index contributed by atoms with van der Waals surface area (Å²) in [6.45, 7) is 6.38. The van der Waals surface area contributed by atoms with Crippen LogP contribution in [0.15, 0.2) is 133 Å². The summed E-state index contributed by atoms with van der Waals surface area (Å²) < 4.78 is 6.08. The average molecular weight is 638 g/mol. The predicted octanol–water partition coefficient (Wildman–Crippen LogP) is 5.47. The Morgan fingerprint density at radius 2 is 1.14 bits per heavy atom. The molecule has 214 valence electrons. The van der Waals surface area contributed by atoms with E-state index in [9.17, 15) is 4.79 Å². The van der Waals surface area contributed by atoms with E-state index in [1.54, 1.807) is 0 Å². The number of rotatable bonds is 10. The summed E-state index contributed by atoms with van der Waals surface area (Å²) in [5.74, 6) is 0.733. The molecule has 0 atom stereocenters. The lowest BCUT2D eigenvalue weighted by molar-refractivity contribution is -0.134. The molecule has 42 heavy (non-hydrogen) atoms. The van der Waals surface area contributed by atoms with Crippen LogP contribution in [0.1, 0.15) is 43.7 Å². The van der Waals surface area contributed by atoms with Crippen molar-refractivity contribution in [2.24, 2.45) is 0 Å². The number of ether oxygens (including phenoxy) is 1. The molecule has 0 fully saturated rings. The van der Waals surface area contributed by atoms with Crippen molar-refractivity contribution in [3.05, 3.63) is 145 Å². The van der Waals surface area contributed by atoms with Gasteiger partial charge in [0.15, 0.2) is 0 Å². The second-order valence-corrected chi connectivity index (χ2v) is 14.5. The molecule has 2 nitrogen and oxygen atoms in total. The molecule has 0 saturated heterocycles. The molecule has 5 aromatic rings. The monoisotopic (exact) mass is 636 g/mol. The minimum absolute atomic E-state index is 0. The van der Waals surface area contributed by atoms with E-state index in [4.69, 9.17) is 4.74 Å². The standard InChI is InChI=1S/C38H38O2P.BrH/c1-29(2)35-28-36(31-17-8-4-9-18-31)30(3)27-37(35)40-38(39)25-16-26-41(32-19-10-5-11-20-32,33-21-12-6-13-22-33)34-23-14-7-15-24-34;/h4-15,17-24,27-29H,16,25-26H2,1-3H3;1H/q+1;/p-1. The first-order chi connectivity index (χ1) is 20.0. The van der Waals surface area contributed by atoms with Crippen LogP contribution in [0.3, 0.4) is 0 Å². The lowest BCUT2D eigenvalue weighted by atomic mass is 9.93. The van der Waals surface area contributed by atoms with Gasteiger partial charge in [-0.15, -0.1) is 0 Å². The van der Waals surface area contributed by atoms with Crippen LogP contribution in [-0.2, 0) is 4.79 Å². The summed E-state index contributed by atoms with van der Waals surface area (Å²) in [4.78, 5) is 13.3. The van der Waals surface area contributed by atoms with Gasteiger partial charge in [-0.25, -0.2) is 0 Å². The number of carbonyl (C=O) groups excluding carboxylic acids is 1. The van der Waals surface area contributed by atoms with Crippen molar-refractivity contribution in [2.45, 2.75) is 39.5 Å². The maximum Gasteiger partial charge on any atom is 0.311 e. The van der Waals surface area contributed by atoms with Gasteiger partial charge in [-0.05, 0) is 90.0 Å². The van der Waals surface area contributed by atoms with Gasteiger partial charge in [0.25, 0.3) is 0 Å². The molecule has 0 heterocycles. The highest BCUT2D eigenvalue weighted by Gasteiger charge is 2.44. The van der Waals surface area contributed by atoms with Crippen LogP contribution in [0.25, 0.3) is 11.1 Å². The molecular weight excluding hydrogens is 599 g/mol. The first-order valence-electron chi connectivity index (χ1n) is 14.4. The number of esters is 1. The first-order valence-corrected chi connectivity index (χ1v) is 16.4. The Hall–Kier alpha value is -3.52. The number of halogens is 1. The van der Waals surface area contributed by atoms with Crippen LogP contribution in [0, 0.1) is 6.92 Å². The van der Waals surface area contributed by atoms with E-state index in [1.807, 2.05) is 12.1 Å². The van der Waals surface area contributed by atoms with Crippen LogP contribution in [0.2, 0.25) is 0 Å². The largest absolute Gasteiger partial charge is 1.00 e. The number of hydrogen-bond donors (Lipinski definition) is 0. The van der Waals surface area contributed by atoms with Gasteiger partial charge in [0, 0.05) is 6.42 Å². The zero-order valence-corrected chi connectivity index (χ0v) is 27.0. The molecule has 0 aliphatic rings. The smallest absolute Gasteiger partial charge is 0.311 e. The minimum Gasteiger partial charge on any atom is -1.00 e. The summed E-state index contributed by atoms with van der Waals surface area (Å²) in [6, 6.07) is 47.1. The molecule has 0 aliphatic heterocycles. The van der Waals surface area contributed by atoms with Crippen LogP contribution >= 0.6 is 7.26 Å².